The number of rotatable bonds is 4. The van der Waals surface area contributed by atoms with Gasteiger partial charge in [-0.15, -0.1) is 0 Å². The number of thiol groups is 1. The van der Waals surface area contributed by atoms with Crippen LogP contribution in [0.4, 0.5) is 0 Å². The van der Waals surface area contributed by atoms with Crippen LogP contribution in [0, 0.1) is 6.92 Å². The van der Waals surface area contributed by atoms with Crippen LogP contribution in [-0.4, -0.2) is 22.0 Å². The number of nitrogens with zero attached hydrogens (tertiary/aromatic N) is 2. The fourth-order valence-electron chi connectivity index (χ4n) is 2.21. The van der Waals surface area contributed by atoms with Crippen molar-refractivity contribution in [2.75, 3.05) is 12.4 Å². The molecule has 0 amide bonds. The number of aryl methyl sites for hydroxylation is 2. The van der Waals surface area contributed by atoms with Gasteiger partial charge in [-0.3, -0.25) is 0 Å². The molecule has 2 rings (SSSR count). The van der Waals surface area contributed by atoms with E-state index in [1.807, 2.05) is 6.92 Å². The summed E-state index contributed by atoms with van der Waals surface area (Å²) >= 11 is 4.19. The lowest BCUT2D eigenvalue weighted by molar-refractivity contribution is 0.491. The van der Waals surface area contributed by atoms with Gasteiger partial charge in [0.2, 0.25) is 0 Å². The largest absolute Gasteiger partial charge is 0.331 e. The van der Waals surface area contributed by atoms with Gasteiger partial charge in [-0.25, -0.2) is 4.98 Å². The first-order chi connectivity index (χ1) is 8.45. The van der Waals surface area contributed by atoms with E-state index in [1.165, 1.54) is 11.1 Å². The van der Waals surface area contributed by atoms with Crippen molar-refractivity contribution in [2.45, 2.75) is 26.2 Å². The number of hydrogen-bond donors (Lipinski definition) is 2. The van der Waals surface area contributed by atoms with E-state index in [2.05, 4.69) is 66.6 Å². The predicted molar refractivity (Wildman–Crippen MR) is 80.3 cm³/mol. The molecule has 0 unspecified atom stereocenters. The molecule has 0 aliphatic carbocycles. The summed E-state index contributed by atoms with van der Waals surface area (Å²) in [6.45, 7) is 7.42. The van der Waals surface area contributed by atoms with Gasteiger partial charge in [-0.1, -0.05) is 19.9 Å². The third-order valence-electron chi connectivity index (χ3n) is 3.56. The molecular formula is C14H21N3S. The lowest BCUT2D eigenvalue weighted by Gasteiger charge is -2.25. The van der Waals surface area contributed by atoms with Gasteiger partial charge in [0.05, 0.1) is 11.0 Å². The van der Waals surface area contributed by atoms with E-state index in [-0.39, 0.29) is 5.41 Å². The summed E-state index contributed by atoms with van der Waals surface area (Å²) in [6.07, 6.45) is 0. The summed E-state index contributed by atoms with van der Waals surface area (Å²) in [5.41, 5.74) is 3.66. The molecule has 1 heterocycles. The van der Waals surface area contributed by atoms with Crippen LogP contribution >= 0.6 is 12.6 Å². The van der Waals surface area contributed by atoms with Crippen LogP contribution < -0.4 is 5.32 Å². The maximum atomic E-state index is 4.59. The Hall–Kier alpha value is -1.00. The number of imidazole rings is 1. The van der Waals surface area contributed by atoms with Gasteiger partial charge in [-0.2, -0.15) is 12.6 Å². The Kier molecular flexibility index (Phi) is 3.69. The number of hydrogen-bond acceptors (Lipinski definition) is 3. The molecule has 98 valence electrons. The standard InChI is InChI=1S/C14H21N3S/c1-10-16-12-7-11(5-6-13(12)17(10)4)14(2,3)8-15-9-18/h5-7,15,18H,8-9H2,1-4H3. The molecule has 1 aromatic carbocycles. The van der Waals surface area contributed by atoms with Gasteiger partial charge >= 0.3 is 0 Å². The average Bonchev–Trinajstić information content (AvgIpc) is 2.62. The van der Waals surface area contributed by atoms with Crippen LogP contribution in [0.1, 0.15) is 25.2 Å². The number of aromatic nitrogens is 2. The van der Waals surface area contributed by atoms with Crippen LogP contribution in [0.25, 0.3) is 11.0 Å². The first-order valence-corrected chi connectivity index (χ1v) is 6.84. The van der Waals surface area contributed by atoms with Gasteiger partial charge in [0.25, 0.3) is 0 Å². The molecule has 0 aliphatic rings. The lowest BCUT2D eigenvalue weighted by atomic mass is 9.84. The monoisotopic (exact) mass is 263 g/mol. The summed E-state index contributed by atoms with van der Waals surface area (Å²) in [5.74, 6) is 1.75. The van der Waals surface area contributed by atoms with Crippen molar-refractivity contribution in [1.82, 2.24) is 14.9 Å². The predicted octanol–water partition coefficient (Wildman–Crippen LogP) is 2.64. The SMILES string of the molecule is Cc1nc2cc(C(C)(C)CNCS)ccc2n1C. The van der Waals surface area contributed by atoms with Crippen LogP contribution in [0.2, 0.25) is 0 Å². The molecule has 18 heavy (non-hydrogen) atoms. The molecule has 0 spiro atoms. The summed E-state index contributed by atoms with van der Waals surface area (Å²) < 4.78 is 2.12. The minimum Gasteiger partial charge on any atom is -0.331 e. The zero-order valence-electron chi connectivity index (χ0n) is 11.5. The third kappa shape index (κ3) is 2.40. The fraction of sp³-hybridized carbons (Fsp3) is 0.500. The molecule has 0 aliphatic heterocycles. The molecule has 0 bridgehead atoms. The Balaban J connectivity index is 2.40. The van der Waals surface area contributed by atoms with Crippen molar-refractivity contribution in [1.29, 1.82) is 0 Å². The van der Waals surface area contributed by atoms with E-state index < -0.39 is 0 Å². The molecule has 3 nitrogen and oxygen atoms in total. The smallest absolute Gasteiger partial charge is 0.106 e. The zero-order chi connectivity index (χ0) is 13.3. The molecule has 1 N–H and O–H groups in total. The van der Waals surface area contributed by atoms with E-state index >= 15 is 0 Å². The van der Waals surface area contributed by atoms with E-state index in [0.29, 0.717) is 5.88 Å². The highest BCUT2D eigenvalue weighted by Gasteiger charge is 2.20. The van der Waals surface area contributed by atoms with Crippen LogP contribution in [0.5, 0.6) is 0 Å². The van der Waals surface area contributed by atoms with Crippen LogP contribution in [0.3, 0.4) is 0 Å². The van der Waals surface area contributed by atoms with Gasteiger partial charge in [0.15, 0.2) is 0 Å². The Labute approximate surface area is 114 Å². The number of nitrogens with one attached hydrogen (secondary N) is 1. The second-order valence-electron chi connectivity index (χ2n) is 5.39. The number of benzene rings is 1. The van der Waals surface area contributed by atoms with Crippen molar-refractivity contribution in [3.05, 3.63) is 29.6 Å². The van der Waals surface area contributed by atoms with E-state index in [0.717, 1.165) is 17.9 Å². The molecule has 0 radical (unpaired) electrons. The normalized spacial score (nSPS) is 12.3. The first-order valence-electron chi connectivity index (χ1n) is 6.21. The van der Waals surface area contributed by atoms with Crippen molar-refractivity contribution >= 4 is 23.7 Å². The maximum Gasteiger partial charge on any atom is 0.106 e. The maximum absolute atomic E-state index is 4.59. The second kappa shape index (κ2) is 4.94. The van der Waals surface area contributed by atoms with Gasteiger partial charge in [-0.05, 0) is 24.6 Å². The Morgan fingerprint density at radius 2 is 2.11 bits per heavy atom. The fourth-order valence-corrected chi connectivity index (χ4v) is 2.32. The highest BCUT2D eigenvalue weighted by Crippen LogP contribution is 2.26. The molecule has 0 fully saturated rings. The van der Waals surface area contributed by atoms with Crippen molar-refractivity contribution in [3.8, 4) is 0 Å². The van der Waals surface area contributed by atoms with Crippen molar-refractivity contribution in [2.24, 2.45) is 7.05 Å². The summed E-state index contributed by atoms with van der Waals surface area (Å²) in [4.78, 5) is 4.59. The Morgan fingerprint density at radius 1 is 1.39 bits per heavy atom. The molecule has 0 saturated heterocycles. The number of fused-ring (bicyclic) bond motifs is 1. The van der Waals surface area contributed by atoms with E-state index in [4.69, 9.17) is 0 Å². The molecule has 1 aromatic heterocycles. The van der Waals surface area contributed by atoms with Gasteiger partial charge in [0.1, 0.15) is 5.82 Å². The van der Waals surface area contributed by atoms with E-state index in [9.17, 15) is 0 Å². The molecule has 0 saturated carbocycles. The second-order valence-corrected chi connectivity index (χ2v) is 5.71. The lowest BCUT2D eigenvalue weighted by Crippen LogP contribution is -2.32. The van der Waals surface area contributed by atoms with Gasteiger partial charge in [0, 0.05) is 24.9 Å². The van der Waals surface area contributed by atoms with Crippen molar-refractivity contribution < 1.29 is 0 Å². The minimum atomic E-state index is 0.0857. The summed E-state index contributed by atoms with van der Waals surface area (Å²) in [6, 6.07) is 6.55. The minimum absolute atomic E-state index is 0.0857. The van der Waals surface area contributed by atoms with Crippen molar-refractivity contribution in [3.63, 3.8) is 0 Å². The molecule has 2 aromatic rings. The highest BCUT2D eigenvalue weighted by molar-refractivity contribution is 7.80. The Bertz CT molecular complexity index is 557. The summed E-state index contributed by atoms with van der Waals surface area (Å²) in [5, 5.41) is 3.29. The molecule has 0 atom stereocenters. The highest BCUT2D eigenvalue weighted by atomic mass is 32.1. The molecule has 4 heteroatoms. The quantitative estimate of drug-likeness (QED) is 0.656. The molecular weight excluding hydrogens is 242 g/mol. The van der Waals surface area contributed by atoms with Gasteiger partial charge < -0.3 is 9.88 Å². The van der Waals surface area contributed by atoms with Crippen LogP contribution in [-0.2, 0) is 12.5 Å². The zero-order valence-corrected chi connectivity index (χ0v) is 12.4. The Morgan fingerprint density at radius 3 is 2.78 bits per heavy atom. The first kappa shape index (κ1) is 13.4. The van der Waals surface area contributed by atoms with Crippen LogP contribution in [0.15, 0.2) is 18.2 Å². The van der Waals surface area contributed by atoms with E-state index in [1.54, 1.807) is 0 Å². The summed E-state index contributed by atoms with van der Waals surface area (Å²) in [7, 11) is 2.05. The third-order valence-corrected chi connectivity index (χ3v) is 3.79. The average molecular weight is 263 g/mol. The topological polar surface area (TPSA) is 29.9 Å².